The third-order valence-corrected chi connectivity index (χ3v) is 4.21. The van der Waals surface area contributed by atoms with E-state index in [0.29, 0.717) is 12.1 Å². The second-order valence-corrected chi connectivity index (χ2v) is 5.80. The summed E-state index contributed by atoms with van der Waals surface area (Å²) in [6.07, 6.45) is -1.41. The molecule has 2 aliphatic rings. The topological polar surface area (TPSA) is 107 Å². The van der Waals surface area contributed by atoms with Crippen LogP contribution >= 0.6 is 0 Å². The van der Waals surface area contributed by atoms with Crippen LogP contribution in [-0.4, -0.2) is 64.8 Å². The van der Waals surface area contributed by atoms with Crippen molar-refractivity contribution in [1.29, 1.82) is 0 Å². The number of carbonyl (C=O) groups is 2. The van der Waals surface area contributed by atoms with Gasteiger partial charge in [0.2, 0.25) is 11.8 Å². The lowest BCUT2D eigenvalue weighted by atomic mass is 9.98. The molecule has 1 fully saturated rings. The average Bonchev–Trinajstić information content (AvgIpc) is 2.83. The minimum Gasteiger partial charge on any atom is -0.388 e. The summed E-state index contributed by atoms with van der Waals surface area (Å²) >= 11 is 0. The standard InChI is InChI=1S/C15H19N3O4/c16-10-5-9-3-1-2-4-11(9)18(15(10)22)8-14(21)17-6-12(19)13(20)7-17/h1-4,10,12-13,19-20H,5-8,16H2. The molecule has 2 amide bonds. The zero-order valence-electron chi connectivity index (χ0n) is 12.1. The van der Waals surface area contributed by atoms with E-state index in [0.717, 1.165) is 5.56 Å². The lowest BCUT2D eigenvalue weighted by Gasteiger charge is -2.33. The van der Waals surface area contributed by atoms with E-state index >= 15 is 0 Å². The number of carbonyl (C=O) groups excluding carboxylic acids is 2. The van der Waals surface area contributed by atoms with Crippen molar-refractivity contribution in [1.82, 2.24) is 4.90 Å². The third kappa shape index (κ3) is 2.58. The van der Waals surface area contributed by atoms with Crippen LogP contribution in [0, 0.1) is 0 Å². The van der Waals surface area contributed by atoms with Gasteiger partial charge in [-0.3, -0.25) is 9.59 Å². The van der Waals surface area contributed by atoms with Gasteiger partial charge in [0, 0.05) is 18.8 Å². The van der Waals surface area contributed by atoms with Gasteiger partial charge in [-0.1, -0.05) is 18.2 Å². The highest BCUT2D eigenvalue weighted by Crippen LogP contribution is 2.27. The van der Waals surface area contributed by atoms with Crippen molar-refractivity contribution < 1.29 is 19.8 Å². The van der Waals surface area contributed by atoms with Crippen LogP contribution in [-0.2, 0) is 16.0 Å². The van der Waals surface area contributed by atoms with Gasteiger partial charge in [0.05, 0.1) is 18.2 Å². The summed E-state index contributed by atoms with van der Waals surface area (Å²) in [4.78, 5) is 27.4. The molecular weight excluding hydrogens is 286 g/mol. The molecule has 3 rings (SSSR count). The minimum atomic E-state index is -0.935. The van der Waals surface area contributed by atoms with E-state index in [9.17, 15) is 19.8 Å². The van der Waals surface area contributed by atoms with Crippen molar-refractivity contribution in [3.05, 3.63) is 29.8 Å². The molecule has 1 saturated heterocycles. The number of nitrogens with two attached hydrogens (primary N) is 1. The predicted molar refractivity (Wildman–Crippen MR) is 79.1 cm³/mol. The summed E-state index contributed by atoms with van der Waals surface area (Å²) in [7, 11) is 0. The monoisotopic (exact) mass is 305 g/mol. The molecule has 22 heavy (non-hydrogen) atoms. The Morgan fingerprint density at radius 2 is 1.86 bits per heavy atom. The van der Waals surface area contributed by atoms with Gasteiger partial charge in [-0.15, -0.1) is 0 Å². The maximum absolute atomic E-state index is 12.3. The summed E-state index contributed by atoms with van der Waals surface area (Å²) in [6.45, 7) is 0.0223. The van der Waals surface area contributed by atoms with Crippen molar-refractivity contribution in [2.45, 2.75) is 24.7 Å². The molecule has 3 unspecified atom stereocenters. The van der Waals surface area contributed by atoms with E-state index in [-0.39, 0.29) is 31.4 Å². The molecule has 3 atom stereocenters. The van der Waals surface area contributed by atoms with Crippen LogP contribution < -0.4 is 10.6 Å². The lowest BCUT2D eigenvalue weighted by Crippen LogP contribution is -2.52. The highest BCUT2D eigenvalue weighted by Gasteiger charge is 2.36. The molecule has 4 N–H and O–H groups in total. The highest BCUT2D eigenvalue weighted by molar-refractivity contribution is 6.03. The molecule has 0 radical (unpaired) electrons. The Balaban J connectivity index is 1.79. The van der Waals surface area contributed by atoms with Crippen LogP contribution in [0.3, 0.4) is 0 Å². The Kier molecular flexibility index (Phi) is 3.86. The van der Waals surface area contributed by atoms with Crippen molar-refractivity contribution in [3.63, 3.8) is 0 Å². The zero-order valence-corrected chi connectivity index (χ0v) is 12.1. The Morgan fingerprint density at radius 1 is 1.23 bits per heavy atom. The third-order valence-electron chi connectivity index (χ3n) is 4.21. The van der Waals surface area contributed by atoms with Crippen LogP contribution in [0.2, 0.25) is 0 Å². The normalized spacial score (nSPS) is 28.0. The molecule has 7 nitrogen and oxygen atoms in total. The van der Waals surface area contributed by atoms with Crippen LogP contribution in [0.15, 0.2) is 24.3 Å². The van der Waals surface area contributed by atoms with E-state index in [2.05, 4.69) is 0 Å². The summed E-state index contributed by atoms with van der Waals surface area (Å²) in [5.74, 6) is -0.597. The predicted octanol–water partition coefficient (Wildman–Crippen LogP) is -1.53. The number of anilines is 1. The first-order valence-corrected chi connectivity index (χ1v) is 7.26. The number of benzene rings is 1. The average molecular weight is 305 g/mol. The van der Waals surface area contributed by atoms with Gasteiger partial charge in [0.15, 0.2) is 0 Å². The number of hydrogen-bond acceptors (Lipinski definition) is 5. The van der Waals surface area contributed by atoms with E-state index < -0.39 is 18.2 Å². The number of fused-ring (bicyclic) bond motifs is 1. The number of hydrogen-bond donors (Lipinski definition) is 3. The maximum atomic E-state index is 12.3. The number of aliphatic hydroxyl groups is 2. The fraction of sp³-hybridized carbons (Fsp3) is 0.467. The number of para-hydroxylation sites is 1. The van der Waals surface area contributed by atoms with Crippen molar-refractivity contribution in [3.8, 4) is 0 Å². The Morgan fingerprint density at radius 3 is 2.55 bits per heavy atom. The van der Waals surface area contributed by atoms with Gasteiger partial charge in [-0.2, -0.15) is 0 Å². The Bertz CT molecular complexity index is 596. The molecule has 2 heterocycles. The van der Waals surface area contributed by atoms with Crippen LogP contribution in [0.5, 0.6) is 0 Å². The van der Waals surface area contributed by atoms with Crippen LogP contribution in [0.25, 0.3) is 0 Å². The second-order valence-electron chi connectivity index (χ2n) is 5.80. The number of rotatable bonds is 2. The van der Waals surface area contributed by atoms with Gasteiger partial charge in [-0.25, -0.2) is 0 Å². The Labute approximate surface area is 127 Å². The Hall–Kier alpha value is -1.96. The number of aliphatic hydroxyl groups excluding tert-OH is 2. The molecular formula is C15H19N3O4. The number of β-amino-alcohol motifs (C(OH)–C–C–N with tert-alkyl or cyclic N) is 2. The van der Waals surface area contributed by atoms with Gasteiger partial charge in [0.1, 0.15) is 6.54 Å². The molecule has 1 aromatic rings. The molecule has 7 heteroatoms. The molecule has 0 aromatic heterocycles. The van der Waals surface area contributed by atoms with Gasteiger partial charge >= 0.3 is 0 Å². The number of nitrogens with zero attached hydrogens (tertiary/aromatic N) is 2. The van der Waals surface area contributed by atoms with Gasteiger partial charge in [-0.05, 0) is 18.1 Å². The van der Waals surface area contributed by atoms with E-state index in [4.69, 9.17) is 5.73 Å². The van der Waals surface area contributed by atoms with Crippen LogP contribution in [0.1, 0.15) is 5.56 Å². The van der Waals surface area contributed by atoms with Crippen molar-refractivity contribution in [2.75, 3.05) is 24.5 Å². The summed E-state index contributed by atoms with van der Waals surface area (Å²) in [5.41, 5.74) is 7.49. The van der Waals surface area contributed by atoms with Crippen molar-refractivity contribution >= 4 is 17.5 Å². The molecule has 1 aromatic carbocycles. The smallest absolute Gasteiger partial charge is 0.244 e. The second kappa shape index (κ2) is 5.68. The summed E-state index contributed by atoms with van der Waals surface area (Å²) in [6, 6.07) is 6.71. The van der Waals surface area contributed by atoms with Gasteiger partial charge in [0.25, 0.3) is 0 Å². The largest absolute Gasteiger partial charge is 0.388 e. The molecule has 0 spiro atoms. The van der Waals surface area contributed by atoms with Gasteiger partial charge < -0.3 is 25.7 Å². The highest BCUT2D eigenvalue weighted by atomic mass is 16.3. The molecule has 118 valence electrons. The van der Waals surface area contributed by atoms with E-state index in [1.165, 1.54) is 9.80 Å². The molecule has 0 bridgehead atoms. The van der Waals surface area contributed by atoms with E-state index in [1.54, 1.807) is 6.07 Å². The minimum absolute atomic E-state index is 0.0791. The maximum Gasteiger partial charge on any atom is 0.244 e. The summed E-state index contributed by atoms with van der Waals surface area (Å²) in [5, 5.41) is 19.1. The molecule has 2 aliphatic heterocycles. The number of likely N-dealkylation sites (tertiary alicyclic amines) is 1. The van der Waals surface area contributed by atoms with Crippen molar-refractivity contribution in [2.24, 2.45) is 5.73 Å². The van der Waals surface area contributed by atoms with E-state index in [1.807, 2.05) is 18.2 Å². The summed E-state index contributed by atoms with van der Waals surface area (Å²) < 4.78 is 0. The number of amides is 2. The van der Waals surface area contributed by atoms with Crippen LogP contribution in [0.4, 0.5) is 5.69 Å². The fourth-order valence-electron chi connectivity index (χ4n) is 2.96. The molecule has 0 saturated carbocycles. The first kappa shape index (κ1) is 15.0. The fourth-order valence-corrected chi connectivity index (χ4v) is 2.96. The first-order chi connectivity index (χ1) is 10.5. The zero-order chi connectivity index (χ0) is 15.9. The first-order valence-electron chi connectivity index (χ1n) is 7.26. The lowest BCUT2D eigenvalue weighted by molar-refractivity contribution is -0.131. The SMILES string of the molecule is NC1Cc2ccccc2N(CC(=O)N2CC(O)C(O)C2)C1=O. The molecule has 0 aliphatic carbocycles. The quantitative estimate of drug-likeness (QED) is 0.614.